The molecular formula is C26H28N2O4S. The Morgan fingerprint density at radius 3 is 2.52 bits per heavy atom. The third-order valence-corrected chi connectivity index (χ3v) is 8.42. The van der Waals surface area contributed by atoms with E-state index in [1.807, 2.05) is 43.3 Å². The van der Waals surface area contributed by atoms with E-state index in [-0.39, 0.29) is 23.7 Å². The highest BCUT2D eigenvalue weighted by Crippen LogP contribution is 2.49. The van der Waals surface area contributed by atoms with Crippen LogP contribution in [0.5, 0.6) is 0 Å². The Balaban J connectivity index is 1.46. The van der Waals surface area contributed by atoms with Gasteiger partial charge < -0.3 is 15.7 Å². The molecule has 1 aromatic carbocycles. The van der Waals surface area contributed by atoms with Crippen LogP contribution in [0.2, 0.25) is 0 Å². The molecule has 1 aromatic heterocycles. The first-order chi connectivity index (χ1) is 15.9. The van der Waals surface area contributed by atoms with E-state index in [1.54, 1.807) is 0 Å². The smallest absolute Gasteiger partial charge is 0.307 e. The molecule has 2 amide bonds. The SMILES string of the molecule is Cc1cccc(NC(=O)c2c(NC(=O)[C@H]3[C@@H](C(=O)O)[C@H]4C=C[C@H]3C4)sc3c2CCCCC3)c1. The summed E-state index contributed by atoms with van der Waals surface area (Å²) in [5.74, 6) is -2.90. The zero-order chi connectivity index (χ0) is 23.1. The van der Waals surface area contributed by atoms with Gasteiger partial charge in [-0.1, -0.05) is 30.7 Å². The lowest BCUT2D eigenvalue weighted by molar-refractivity contribution is -0.146. The predicted molar refractivity (Wildman–Crippen MR) is 129 cm³/mol. The monoisotopic (exact) mass is 464 g/mol. The van der Waals surface area contributed by atoms with Crippen molar-refractivity contribution in [3.8, 4) is 0 Å². The molecular weight excluding hydrogens is 436 g/mol. The molecule has 3 N–H and O–H groups in total. The molecule has 7 heteroatoms. The fourth-order valence-corrected chi connectivity index (χ4v) is 6.99. The third-order valence-electron chi connectivity index (χ3n) is 7.21. The summed E-state index contributed by atoms with van der Waals surface area (Å²) >= 11 is 1.48. The van der Waals surface area contributed by atoms with Gasteiger partial charge in [0.1, 0.15) is 5.00 Å². The molecule has 1 fully saturated rings. The lowest BCUT2D eigenvalue weighted by Crippen LogP contribution is -2.36. The van der Waals surface area contributed by atoms with Gasteiger partial charge in [-0.15, -0.1) is 11.3 Å². The molecule has 0 aliphatic heterocycles. The number of aryl methyl sites for hydroxylation is 2. The Kier molecular flexibility index (Phi) is 5.83. The van der Waals surface area contributed by atoms with E-state index < -0.39 is 17.8 Å². The van der Waals surface area contributed by atoms with Crippen LogP contribution in [0.1, 0.15) is 52.0 Å². The maximum Gasteiger partial charge on any atom is 0.307 e. The molecule has 1 heterocycles. The highest BCUT2D eigenvalue weighted by atomic mass is 32.1. The normalized spacial score (nSPS) is 25.4. The van der Waals surface area contributed by atoms with Crippen molar-refractivity contribution in [3.63, 3.8) is 0 Å². The number of hydrogen-bond acceptors (Lipinski definition) is 4. The molecule has 0 radical (unpaired) electrons. The lowest BCUT2D eigenvalue weighted by atomic mass is 9.82. The van der Waals surface area contributed by atoms with Crippen molar-refractivity contribution in [2.75, 3.05) is 10.6 Å². The molecule has 5 rings (SSSR count). The second-order valence-corrected chi connectivity index (χ2v) is 10.5. The summed E-state index contributed by atoms with van der Waals surface area (Å²) in [6, 6.07) is 7.64. The zero-order valence-corrected chi connectivity index (χ0v) is 19.4. The summed E-state index contributed by atoms with van der Waals surface area (Å²) in [5, 5.41) is 16.3. The molecule has 2 bridgehead atoms. The summed E-state index contributed by atoms with van der Waals surface area (Å²) in [5.41, 5.74) is 3.34. The fourth-order valence-electron chi connectivity index (χ4n) is 5.70. The van der Waals surface area contributed by atoms with Gasteiger partial charge in [-0.3, -0.25) is 14.4 Å². The molecule has 33 heavy (non-hydrogen) atoms. The van der Waals surface area contributed by atoms with E-state index in [0.29, 0.717) is 17.0 Å². The van der Waals surface area contributed by atoms with E-state index in [4.69, 9.17) is 0 Å². The number of amides is 2. The number of carboxylic acids is 1. The second-order valence-electron chi connectivity index (χ2n) is 9.42. The Hall–Kier alpha value is -2.93. The van der Waals surface area contributed by atoms with E-state index in [9.17, 15) is 19.5 Å². The van der Waals surface area contributed by atoms with Gasteiger partial charge in [0.05, 0.1) is 17.4 Å². The van der Waals surface area contributed by atoms with Crippen molar-refractivity contribution in [2.45, 2.75) is 45.4 Å². The van der Waals surface area contributed by atoms with Crippen LogP contribution in [-0.2, 0) is 22.4 Å². The maximum absolute atomic E-state index is 13.4. The number of fused-ring (bicyclic) bond motifs is 3. The van der Waals surface area contributed by atoms with Crippen LogP contribution in [0.4, 0.5) is 10.7 Å². The molecule has 0 spiro atoms. The van der Waals surface area contributed by atoms with Gasteiger partial charge in [-0.25, -0.2) is 0 Å². The minimum atomic E-state index is -0.925. The molecule has 4 atom stereocenters. The average Bonchev–Trinajstić information content (AvgIpc) is 3.42. The topological polar surface area (TPSA) is 95.5 Å². The van der Waals surface area contributed by atoms with Crippen molar-refractivity contribution >= 4 is 39.8 Å². The first kappa shape index (κ1) is 21.9. The quantitative estimate of drug-likeness (QED) is 0.427. The summed E-state index contributed by atoms with van der Waals surface area (Å²) in [7, 11) is 0. The highest BCUT2D eigenvalue weighted by Gasteiger charge is 2.51. The van der Waals surface area contributed by atoms with Crippen LogP contribution in [-0.4, -0.2) is 22.9 Å². The van der Waals surface area contributed by atoms with Gasteiger partial charge >= 0.3 is 5.97 Å². The molecule has 2 aromatic rings. The van der Waals surface area contributed by atoms with E-state index in [1.165, 1.54) is 11.3 Å². The molecule has 0 unspecified atom stereocenters. The summed E-state index contributed by atoms with van der Waals surface area (Å²) < 4.78 is 0. The summed E-state index contributed by atoms with van der Waals surface area (Å²) in [4.78, 5) is 39.8. The molecule has 0 saturated heterocycles. The van der Waals surface area contributed by atoms with E-state index in [0.717, 1.165) is 53.8 Å². The Morgan fingerprint density at radius 2 is 1.76 bits per heavy atom. The molecule has 1 saturated carbocycles. The van der Waals surface area contributed by atoms with Crippen LogP contribution in [0, 0.1) is 30.6 Å². The number of rotatable bonds is 5. The molecule has 6 nitrogen and oxygen atoms in total. The Labute approximate surface area is 197 Å². The van der Waals surface area contributed by atoms with Crippen molar-refractivity contribution < 1.29 is 19.5 Å². The van der Waals surface area contributed by atoms with Crippen LogP contribution >= 0.6 is 11.3 Å². The van der Waals surface area contributed by atoms with Gasteiger partial charge in [0.25, 0.3) is 5.91 Å². The number of carbonyl (C=O) groups excluding carboxylic acids is 2. The number of aliphatic carboxylic acids is 1. The Bertz CT molecular complexity index is 1150. The van der Waals surface area contributed by atoms with Gasteiger partial charge in [0.15, 0.2) is 0 Å². The minimum Gasteiger partial charge on any atom is -0.481 e. The highest BCUT2D eigenvalue weighted by molar-refractivity contribution is 7.17. The molecule has 3 aliphatic rings. The van der Waals surface area contributed by atoms with Crippen molar-refractivity contribution in [1.82, 2.24) is 0 Å². The van der Waals surface area contributed by atoms with Crippen molar-refractivity contribution in [1.29, 1.82) is 0 Å². The van der Waals surface area contributed by atoms with Gasteiger partial charge in [0.2, 0.25) is 5.91 Å². The third kappa shape index (κ3) is 4.10. The van der Waals surface area contributed by atoms with E-state index >= 15 is 0 Å². The Morgan fingerprint density at radius 1 is 1.00 bits per heavy atom. The zero-order valence-electron chi connectivity index (χ0n) is 18.6. The van der Waals surface area contributed by atoms with Gasteiger partial charge in [-0.2, -0.15) is 0 Å². The number of carboxylic acid groups (broad SMARTS) is 1. The standard InChI is InChI=1S/C26H28N2O4S/c1-14-6-5-7-17(12-14)27-24(30)22-18-8-3-2-4-9-19(18)33-25(22)28-23(29)20-15-10-11-16(13-15)21(20)26(31)32/h5-7,10-12,15-16,20-21H,2-4,8-9,13H2,1H3,(H,27,30)(H,28,29)(H,31,32)/t15-,16-,20+,21-/m0/s1. The summed E-state index contributed by atoms with van der Waals surface area (Å²) in [6.07, 6.45) is 9.53. The van der Waals surface area contributed by atoms with Crippen molar-refractivity contribution in [2.24, 2.45) is 23.7 Å². The fraction of sp³-hybridized carbons (Fsp3) is 0.423. The van der Waals surface area contributed by atoms with Crippen molar-refractivity contribution in [3.05, 3.63) is 58.0 Å². The number of hydrogen-bond donors (Lipinski definition) is 3. The minimum absolute atomic E-state index is 0.0570. The number of anilines is 2. The summed E-state index contributed by atoms with van der Waals surface area (Å²) in [6.45, 7) is 1.97. The van der Waals surface area contributed by atoms with Crippen LogP contribution < -0.4 is 10.6 Å². The largest absolute Gasteiger partial charge is 0.481 e. The number of allylic oxidation sites excluding steroid dienone is 2. The van der Waals surface area contributed by atoms with Crippen LogP contribution in [0.15, 0.2) is 36.4 Å². The van der Waals surface area contributed by atoms with Crippen LogP contribution in [0.3, 0.4) is 0 Å². The number of nitrogens with one attached hydrogen (secondary N) is 2. The molecule has 172 valence electrons. The lowest BCUT2D eigenvalue weighted by Gasteiger charge is -2.23. The number of carbonyl (C=O) groups is 3. The molecule has 3 aliphatic carbocycles. The van der Waals surface area contributed by atoms with E-state index in [2.05, 4.69) is 10.6 Å². The number of benzene rings is 1. The van der Waals surface area contributed by atoms with Gasteiger partial charge in [-0.05, 0) is 74.1 Å². The first-order valence-corrected chi connectivity index (χ1v) is 12.5. The predicted octanol–water partition coefficient (Wildman–Crippen LogP) is 5.04. The van der Waals surface area contributed by atoms with Gasteiger partial charge in [0, 0.05) is 10.6 Å². The average molecular weight is 465 g/mol. The second kappa shape index (κ2) is 8.78. The number of thiophene rings is 1. The first-order valence-electron chi connectivity index (χ1n) is 11.7. The van der Waals surface area contributed by atoms with Crippen LogP contribution in [0.25, 0.3) is 0 Å². The maximum atomic E-state index is 13.4.